The van der Waals surface area contributed by atoms with E-state index in [0.717, 1.165) is 0 Å². The Labute approximate surface area is 109 Å². The van der Waals surface area contributed by atoms with E-state index in [9.17, 15) is 9.59 Å². The Kier molecular flexibility index (Phi) is 3.61. The number of aromatic nitrogens is 1. The second kappa shape index (κ2) is 5.34. The van der Waals surface area contributed by atoms with Crippen LogP contribution in [0.1, 0.15) is 32.4 Å². The normalized spacial score (nSPS) is 10.2. The van der Waals surface area contributed by atoms with Gasteiger partial charge in [-0.15, -0.1) is 0 Å². The Hall–Kier alpha value is -2.63. The molecule has 2 aromatic heterocycles. The maximum Gasteiger partial charge on any atom is 0.371 e. The van der Waals surface area contributed by atoms with Gasteiger partial charge in [0.2, 0.25) is 5.76 Å². The van der Waals surface area contributed by atoms with E-state index < -0.39 is 5.97 Å². The molecule has 0 atom stereocenters. The molecule has 0 aromatic carbocycles. The molecule has 2 aromatic rings. The predicted octanol–water partition coefficient (Wildman–Crippen LogP) is 1.61. The molecule has 0 radical (unpaired) electrons. The van der Waals surface area contributed by atoms with E-state index in [4.69, 9.17) is 9.52 Å². The summed E-state index contributed by atoms with van der Waals surface area (Å²) in [7, 11) is 0. The molecule has 0 bridgehead atoms. The van der Waals surface area contributed by atoms with E-state index >= 15 is 0 Å². The maximum absolute atomic E-state index is 11.9. The number of amides is 1. The van der Waals surface area contributed by atoms with Crippen molar-refractivity contribution in [2.75, 3.05) is 0 Å². The Morgan fingerprint density at radius 3 is 2.79 bits per heavy atom. The van der Waals surface area contributed by atoms with Gasteiger partial charge < -0.3 is 14.8 Å². The molecule has 0 saturated carbocycles. The van der Waals surface area contributed by atoms with Crippen LogP contribution in [-0.2, 0) is 6.54 Å². The number of carboxylic acid groups (broad SMARTS) is 1. The number of aromatic carboxylic acids is 1. The highest BCUT2D eigenvalue weighted by molar-refractivity contribution is 5.95. The van der Waals surface area contributed by atoms with Gasteiger partial charge in [0.1, 0.15) is 5.76 Å². The molecule has 0 aliphatic rings. The van der Waals surface area contributed by atoms with Crippen molar-refractivity contribution in [3.8, 4) is 0 Å². The fraction of sp³-hybridized carbons (Fsp3) is 0.154. The standard InChI is InChI=1S/C13H12N2O4/c1-8-10(3-2-6-14-8)12(16)15-7-9-4-5-11(19-9)13(17)18/h2-6H,7H2,1H3,(H,15,16)(H,17,18). The number of carboxylic acids is 1. The molecule has 0 fully saturated rings. The fourth-order valence-electron chi connectivity index (χ4n) is 1.57. The molecule has 6 nitrogen and oxygen atoms in total. The van der Waals surface area contributed by atoms with Gasteiger partial charge in [-0.2, -0.15) is 0 Å². The molecule has 6 heteroatoms. The minimum atomic E-state index is -1.14. The molecule has 98 valence electrons. The lowest BCUT2D eigenvalue weighted by molar-refractivity contribution is 0.0660. The molecule has 1 amide bonds. The summed E-state index contributed by atoms with van der Waals surface area (Å²) in [4.78, 5) is 26.5. The van der Waals surface area contributed by atoms with Crippen LogP contribution in [0.5, 0.6) is 0 Å². The highest BCUT2D eigenvalue weighted by Gasteiger charge is 2.12. The Bertz CT molecular complexity index is 619. The van der Waals surface area contributed by atoms with Crippen LogP contribution in [0.4, 0.5) is 0 Å². The summed E-state index contributed by atoms with van der Waals surface area (Å²) in [6, 6.07) is 6.21. The van der Waals surface area contributed by atoms with Gasteiger partial charge in [0, 0.05) is 11.9 Å². The topological polar surface area (TPSA) is 92.4 Å². The molecule has 19 heavy (non-hydrogen) atoms. The molecule has 0 unspecified atom stereocenters. The van der Waals surface area contributed by atoms with Gasteiger partial charge >= 0.3 is 5.97 Å². The first-order chi connectivity index (χ1) is 9.08. The highest BCUT2D eigenvalue weighted by Crippen LogP contribution is 2.08. The minimum absolute atomic E-state index is 0.125. The number of nitrogens with one attached hydrogen (secondary N) is 1. The molecule has 0 aliphatic carbocycles. The van der Waals surface area contributed by atoms with Crippen molar-refractivity contribution >= 4 is 11.9 Å². The molecule has 2 rings (SSSR count). The van der Waals surface area contributed by atoms with E-state index in [1.807, 2.05) is 0 Å². The van der Waals surface area contributed by atoms with Crippen LogP contribution < -0.4 is 5.32 Å². The van der Waals surface area contributed by atoms with Crippen molar-refractivity contribution in [1.29, 1.82) is 0 Å². The third-order valence-corrected chi connectivity index (χ3v) is 2.55. The second-order valence-corrected chi connectivity index (χ2v) is 3.89. The Morgan fingerprint density at radius 2 is 2.16 bits per heavy atom. The molecular weight excluding hydrogens is 248 g/mol. The number of hydrogen-bond donors (Lipinski definition) is 2. The predicted molar refractivity (Wildman–Crippen MR) is 65.8 cm³/mol. The lowest BCUT2D eigenvalue weighted by atomic mass is 10.2. The smallest absolute Gasteiger partial charge is 0.371 e. The molecule has 2 heterocycles. The van der Waals surface area contributed by atoms with Crippen LogP contribution in [0.3, 0.4) is 0 Å². The van der Waals surface area contributed by atoms with Gasteiger partial charge in [-0.3, -0.25) is 9.78 Å². The van der Waals surface area contributed by atoms with Gasteiger partial charge in [-0.05, 0) is 31.2 Å². The van der Waals surface area contributed by atoms with Gasteiger partial charge in [0.15, 0.2) is 0 Å². The number of furan rings is 1. The van der Waals surface area contributed by atoms with E-state index in [-0.39, 0.29) is 18.2 Å². The monoisotopic (exact) mass is 260 g/mol. The van der Waals surface area contributed by atoms with Crippen LogP contribution in [0.25, 0.3) is 0 Å². The molecule has 2 N–H and O–H groups in total. The first-order valence-electron chi connectivity index (χ1n) is 5.60. The number of nitrogens with zero attached hydrogens (tertiary/aromatic N) is 1. The molecule has 0 saturated heterocycles. The zero-order valence-corrected chi connectivity index (χ0v) is 10.2. The van der Waals surface area contributed by atoms with Crippen molar-refractivity contribution in [2.24, 2.45) is 0 Å². The Morgan fingerprint density at radius 1 is 1.37 bits per heavy atom. The van der Waals surface area contributed by atoms with Crippen molar-refractivity contribution in [3.05, 3.63) is 53.2 Å². The van der Waals surface area contributed by atoms with Crippen LogP contribution in [-0.4, -0.2) is 22.0 Å². The van der Waals surface area contributed by atoms with Crippen LogP contribution in [0.15, 0.2) is 34.9 Å². The molecule has 0 aliphatic heterocycles. The van der Waals surface area contributed by atoms with Gasteiger partial charge in [0.25, 0.3) is 5.91 Å². The number of carbonyl (C=O) groups excluding carboxylic acids is 1. The summed E-state index contributed by atoms with van der Waals surface area (Å²) in [6.07, 6.45) is 1.61. The summed E-state index contributed by atoms with van der Waals surface area (Å²) < 4.78 is 5.03. The minimum Gasteiger partial charge on any atom is -0.475 e. The van der Waals surface area contributed by atoms with Crippen LogP contribution >= 0.6 is 0 Å². The summed E-state index contributed by atoms with van der Waals surface area (Å²) in [5.41, 5.74) is 1.11. The third-order valence-electron chi connectivity index (χ3n) is 2.55. The van der Waals surface area contributed by atoms with E-state index in [0.29, 0.717) is 17.0 Å². The quantitative estimate of drug-likeness (QED) is 0.871. The number of pyridine rings is 1. The van der Waals surface area contributed by atoms with E-state index in [1.165, 1.54) is 12.1 Å². The number of carbonyl (C=O) groups is 2. The third kappa shape index (κ3) is 2.98. The van der Waals surface area contributed by atoms with Crippen LogP contribution in [0, 0.1) is 6.92 Å². The highest BCUT2D eigenvalue weighted by atomic mass is 16.4. The second-order valence-electron chi connectivity index (χ2n) is 3.89. The van der Waals surface area contributed by atoms with Gasteiger partial charge in [0.05, 0.1) is 12.1 Å². The lowest BCUT2D eigenvalue weighted by Crippen LogP contribution is -2.23. The zero-order chi connectivity index (χ0) is 13.8. The average Bonchev–Trinajstić information content (AvgIpc) is 2.85. The van der Waals surface area contributed by atoms with Crippen molar-refractivity contribution in [3.63, 3.8) is 0 Å². The van der Waals surface area contributed by atoms with E-state index in [2.05, 4.69) is 10.3 Å². The largest absolute Gasteiger partial charge is 0.475 e. The first kappa shape index (κ1) is 12.8. The number of rotatable bonds is 4. The molecular formula is C13H12N2O4. The van der Waals surface area contributed by atoms with Gasteiger partial charge in [-0.1, -0.05) is 0 Å². The van der Waals surface area contributed by atoms with E-state index in [1.54, 1.807) is 25.3 Å². The summed E-state index contributed by atoms with van der Waals surface area (Å²) in [5, 5.41) is 11.3. The molecule has 0 spiro atoms. The van der Waals surface area contributed by atoms with Crippen molar-refractivity contribution in [1.82, 2.24) is 10.3 Å². The lowest BCUT2D eigenvalue weighted by Gasteiger charge is -2.05. The SMILES string of the molecule is Cc1ncccc1C(=O)NCc1ccc(C(=O)O)o1. The van der Waals surface area contributed by atoms with Crippen molar-refractivity contribution < 1.29 is 19.1 Å². The van der Waals surface area contributed by atoms with Crippen molar-refractivity contribution in [2.45, 2.75) is 13.5 Å². The summed E-state index contributed by atoms with van der Waals surface area (Å²) in [6.45, 7) is 1.87. The zero-order valence-electron chi connectivity index (χ0n) is 10.2. The summed E-state index contributed by atoms with van der Waals surface area (Å²) in [5.74, 6) is -1.19. The summed E-state index contributed by atoms with van der Waals surface area (Å²) >= 11 is 0. The maximum atomic E-state index is 11.9. The fourth-order valence-corrected chi connectivity index (χ4v) is 1.57. The van der Waals surface area contributed by atoms with Crippen LogP contribution in [0.2, 0.25) is 0 Å². The number of aryl methyl sites for hydroxylation is 1. The first-order valence-corrected chi connectivity index (χ1v) is 5.60. The number of hydrogen-bond acceptors (Lipinski definition) is 4. The Balaban J connectivity index is 2.00. The van der Waals surface area contributed by atoms with Gasteiger partial charge in [-0.25, -0.2) is 4.79 Å². The average molecular weight is 260 g/mol.